The van der Waals surface area contributed by atoms with E-state index in [2.05, 4.69) is 31.1 Å². The molecule has 0 unspecified atom stereocenters. The molecule has 2 heterocycles. The average molecular weight is 506 g/mol. The van der Waals surface area contributed by atoms with E-state index >= 15 is 0 Å². The topological polar surface area (TPSA) is 88.0 Å². The van der Waals surface area contributed by atoms with Gasteiger partial charge < -0.3 is 15.5 Å². The number of nitrogens with one attached hydrogen (secondary N) is 2. The van der Waals surface area contributed by atoms with E-state index in [4.69, 9.17) is 0 Å². The summed E-state index contributed by atoms with van der Waals surface area (Å²) in [7, 11) is 1.78. The molecule has 0 bridgehead atoms. The molecule has 1 aliphatic heterocycles. The molecule has 0 spiro atoms. The number of likely N-dealkylation sites (tertiary alicyclic amines) is 1. The molecule has 1 aliphatic carbocycles. The van der Waals surface area contributed by atoms with Gasteiger partial charge in [-0.3, -0.25) is 0 Å². The van der Waals surface area contributed by atoms with Gasteiger partial charge in [-0.25, -0.2) is 13.9 Å². The van der Waals surface area contributed by atoms with E-state index in [1.807, 2.05) is 36.4 Å². The zero-order valence-electron chi connectivity index (χ0n) is 21.4. The number of tetrazole rings is 1. The molecule has 37 heavy (non-hydrogen) atoms. The zero-order chi connectivity index (χ0) is 25.6. The van der Waals surface area contributed by atoms with Crippen molar-refractivity contribution in [2.75, 3.05) is 25.0 Å². The number of para-hydroxylation sites is 1. The predicted octanol–water partition coefficient (Wildman–Crippen LogP) is 4.65. The van der Waals surface area contributed by atoms with Crippen molar-refractivity contribution in [3.05, 3.63) is 59.9 Å². The fourth-order valence-corrected chi connectivity index (χ4v) is 5.96. The van der Waals surface area contributed by atoms with E-state index < -0.39 is 0 Å². The van der Waals surface area contributed by atoms with Crippen molar-refractivity contribution in [2.24, 2.45) is 18.9 Å². The molecule has 2 aliphatic rings. The fraction of sp³-hybridized carbons (Fsp3) is 0.500. The van der Waals surface area contributed by atoms with Crippen molar-refractivity contribution < 1.29 is 9.18 Å². The Hall–Kier alpha value is -3.33. The minimum atomic E-state index is -0.188. The van der Waals surface area contributed by atoms with Crippen LogP contribution in [0, 0.1) is 17.7 Å². The number of carbonyl (C=O) groups is 1. The number of hydrogen-bond donors (Lipinski definition) is 2. The van der Waals surface area contributed by atoms with E-state index in [1.165, 1.54) is 24.8 Å². The fourth-order valence-electron chi connectivity index (χ4n) is 5.96. The molecule has 1 aromatic heterocycles. The van der Waals surface area contributed by atoms with Crippen LogP contribution in [0.4, 0.5) is 14.9 Å². The molecule has 5 rings (SSSR count). The number of carbonyl (C=O) groups excluding carboxylic acids is 1. The summed E-state index contributed by atoms with van der Waals surface area (Å²) in [5, 5.41) is 18.0. The van der Waals surface area contributed by atoms with Gasteiger partial charge in [0.1, 0.15) is 5.82 Å². The molecule has 0 radical (unpaired) electrons. The minimum absolute atomic E-state index is 0.148. The Morgan fingerprint density at radius 2 is 1.86 bits per heavy atom. The smallest absolute Gasteiger partial charge is 0.319 e. The van der Waals surface area contributed by atoms with Crippen molar-refractivity contribution in [1.29, 1.82) is 0 Å². The van der Waals surface area contributed by atoms with E-state index in [-0.39, 0.29) is 17.9 Å². The maximum atomic E-state index is 13.3. The second-order valence-corrected chi connectivity index (χ2v) is 10.5. The van der Waals surface area contributed by atoms with Gasteiger partial charge in [-0.1, -0.05) is 37.1 Å². The first kappa shape index (κ1) is 25.3. The van der Waals surface area contributed by atoms with Crippen LogP contribution in [-0.2, 0) is 13.5 Å². The van der Waals surface area contributed by atoms with Gasteiger partial charge in [-0.05, 0) is 90.7 Å². The number of urea groups is 1. The largest absolute Gasteiger partial charge is 0.335 e. The summed E-state index contributed by atoms with van der Waals surface area (Å²) in [5.74, 6) is 1.45. The molecule has 3 aromatic rings. The highest BCUT2D eigenvalue weighted by Crippen LogP contribution is 2.29. The summed E-state index contributed by atoms with van der Waals surface area (Å²) in [6.45, 7) is 3.17. The van der Waals surface area contributed by atoms with E-state index in [0.717, 1.165) is 50.9 Å². The first-order valence-corrected chi connectivity index (χ1v) is 13.4. The Morgan fingerprint density at radius 1 is 1.05 bits per heavy atom. The number of rotatable bonds is 7. The maximum Gasteiger partial charge on any atom is 0.319 e. The van der Waals surface area contributed by atoms with E-state index in [1.54, 1.807) is 23.9 Å². The Bertz CT molecular complexity index is 1180. The van der Waals surface area contributed by atoms with Crippen LogP contribution in [0.1, 0.15) is 44.1 Å². The number of nitrogens with zero attached hydrogens (tertiary/aromatic N) is 5. The molecule has 2 aromatic carbocycles. The highest BCUT2D eigenvalue weighted by atomic mass is 19.1. The van der Waals surface area contributed by atoms with Crippen LogP contribution in [0.25, 0.3) is 11.4 Å². The van der Waals surface area contributed by atoms with Gasteiger partial charge in [0.2, 0.25) is 0 Å². The van der Waals surface area contributed by atoms with Crippen molar-refractivity contribution >= 4 is 11.7 Å². The van der Waals surface area contributed by atoms with Crippen LogP contribution in [0.3, 0.4) is 0 Å². The van der Waals surface area contributed by atoms with Crippen molar-refractivity contribution in [3.63, 3.8) is 0 Å². The first-order chi connectivity index (χ1) is 18.0. The number of benzene rings is 2. The summed E-state index contributed by atoms with van der Waals surface area (Å²) in [5.41, 5.74) is 2.68. The lowest BCUT2D eigenvalue weighted by Gasteiger charge is -2.39. The number of amides is 2. The molecule has 2 fully saturated rings. The summed E-state index contributed by atoms with van der Waals surface area (Å²) < 4.78 is 14.9. The molecule has 1 saturated heterocycles. The highest BCUT2D eigenvalue weighted by molar-refractivity contribution is 5.93. The van der Waals surface area contributed by atoms with Crippen LogP contribution in [0.5, 0.6) is 0 Å². The van der Waals surface area contributed by atoms with Crippen LogP contribution in [-0.4, -0.2) is 56.8 Å². The zero-order valence-corrected chi connectivity index (χ0v) is 21.4. The molecule has 9 heteroatoms. The minimum Gasteiger partial charge on any atom is -0.335 e. The lowest BCUT2D eigenvalue weighted by atomic mass is 9.83. The number of hydrogen-bond acceptors (Lipinski definition) is 5. The van der Waals surface area contributed by atoms with Crippen LogP contribution in [0.2, 0.25) is 0 Å². The van der Waals surface area contributed by atoms with Crippen LogP contribution < -0.4 is 10.6 Å². The Morgan fingerprint density at radius 3 is 2.68 bits per heavy atom. The number of halogens is 1. The molecule has 1 saturated carbocycles. The van der Waals surface area contributed by atoms with Gasteiger partial charge in [0, 0.05) is 31.7 Å². The van der Waals surface area contributed by atoms with Gasteiger partial charge in [0.05, 0.1) is 5.69 Å². The summed E-state index contributed by atoms with van der Waals surface area (Å²) in [6, 6.07) is 14.5. The lowest BCUT2D eigenvalue weighted by Crippen LogP contribution is -2.49. The lowest BCUT2D eigenvalue weighted by molar-refractivity contribution is 0.123. The molecular formula is C28H36FN7O. The third-order valence-corrected chi connectivity index (χ3v) is 7.80. The summed E-state index contributed by atoms with van der Waals surface area (Å²) >= 11 is 0. The summed E-state index contributed by atoms with van der Waals surface area (Å²) in [6.07, 6.45) is 7.86. The maximum absolute atomic E-state index is 13.3. The third kappa shape index (κ3) is 6.52. The van der Waals surface area contributed by atoms with Crippen molar-refractivity contribution in [1.82, 2.24) is 30.4 Å². The van der Waals surface area contributed by atoms with Crippen LogP contribution in [0.15, 0.2) is 48.5 Å². The summed E-state index contributed by atoms with van der Waals surface area (Å²) in [4.78, 5) is 15.7. The molecule has 2 N–H and O–H groups in total. The normalized spacial score (nSPS) is 22.5. The van der Waals surface area contributed by atoms with Gasteiger partial charge in [-0.15, -0.1) is 5.10 Å². The monoisotopic (exact) mass is 505 g/mol. The van der Waals surface area contributed by atoms with Crippen molar-refractivity contribution in [2.45, 2.75) is 51.0 Å². The first-order valence-electron chi connectivity index (χ1n) is 13.4. The molecule has 196 valence electrons. The van der Waals surface area contributed by atoms with Gasteiger partial charge in [-0.2, -0.15) is 0 Å². The van der Waals surface area contributed by atoms with Gasteiger partial charge in [0.15, 0.2) is 5.82 Å². The molecule has 2 amide bonds. The Kier molecular flexibility index (Phi) is 8.08. The number of aromatic nitrogens is 4. The third-order valence-electron chi connectivity index (χ3n) is 7.80. The quantitative estimate of drug-likeness (QED) is 0.488. The molecular weight excluding hydrogens is 469 g/mol. The second kappa shape index (κ2) is 11.8. The van der Waals surface area contributed by atoms with Gasteiger partial charge >= 0.3 is 6.03 Å². The number of anilines is 1. The SMILES string of the molecule is Cn1nnnc1-c1ccccc1NC(=O)N[C@@H]1CCCC[C@H]1CN1CCC[C@@H](Cc2ccc(F)cc2)C1. The van der Waals surface area contributed by atoms with Crippen LogP contribution >= 0.6 is 0 Å². The Labute approximate surface area is 217 Å². The standard InChI is InChI=1S/C28H36FN7O/c1-35-27(32-33-34-35)24-9-3-5-11-26(24)31-28(37)30-25-10-4-2-8-22(25)19-36-16-6-7-21(18-36)17-20-12-14-23(29)15-13-20/h3,5,9,11-15,21-22,25H,2,4,6-8,10,16-19H2,1H3,(H2,30,31,37)/t21-,22-,25+/m0/s1. The van der Waals surface area contributed by atoms with Gasteiger partial charge in [0.25, 0.3) is 0 Å². The second-order valence-electron chi connectivity index (χ2n) is 10.5. The number of aryl methyl sites for hydroxylation is 1. The molecule has 8 nitrogen and oxygen atoms in total. The van der Waals surface area contributed by atoms with E-state index in [0.29, 0.717) is 23.3 Å². The number of piperidine rings is 1. The Balaban J connectivity index is 1.18. The predicted molar refractivity (Wildman–Crippen MR) is 141 cm³/mol. The highest BCUT2D eigenvalue weighted by Gasteiger charge is 2.30. The average Bonchev–Trinajstić information content (AvgIpc) is 3.33. The molecule has 3 atom stereocenters. The van der Waals surface area contributed by atoms with E-state index in [9.17, 15) is 9.18 Å². The van der Waals surface area contributed by atoms with Crippen molar-refractivity contribution in [3.8, 4) is 11.4 Å².